The number of ether oxygens (including phenoxy) is 1. The fraction of sp³-hybridized carbons (Fsp3) is 0.500. The second kappa shape index (κ2) is 11.2. The van der Waals surface area contributed by atoms with Gasteiger partial charge in [-0.25, -0.2) is 14.4 Å². The molecule has 9 nitrogen and oxygen atoms in total. The zero-order valence-corrected chi connectivity index (χ0v) is 21.7. The molecule has 2 atom stereocenters. The molecule has 2 aromatic rings. The van der Waals surface area contributed by atoms with Crippen LogP contribution in [0, 0.1) is 17.7 Å². The van der Waals surface area contributed by atoms with Crippen molar-refractivity contribution >= 4 is 23.2 Å². The van der Waals surface area contributed by atoms with Gasteiger partial charge in [0.1, 0.15) is 17.3 Å². The average molecular weight is 569 g/mol. The maximum Gasteiger partial charge on any atom is 0.393 e. The molecule has 2 N–H and O–H groups in total. The Balaban J connectivity index is 1.16. The number of halogens is 5. The SMILES string of the molecule is CCC1Oc2cc(F)c(CN3CCN(c4ccc(C(=O)NN5CCC(C(F)(F)F)C5)nc4F)CC3)cc2NC1=O. The molecule has 5 rings (SSSR count). The Morgan fingerprint density at radius 1 is 1.15 bits per heavy atom. The molecule has 2 fully saturated rings. The molecule has 1 aromatic carbocycles. The molecule has 40 heavy (non-hydrogen) atoms. The highest BCUT2D eigenvalue weighted by atomic mass is 19.4. The maximum absolute atomic E-state index is 14.9. The number of anilines is 2. The Labute approximate surface area is 227 Å². The predicted molar refractivity (Wildman–Crippen MR) is 135 cm³/mol. The van der Waals surface area contributed by atoms with Gasteiger partial charge in [-0.05, 0) is 31.0 Å². The summed E-state index contributed by atoms with van der Waals surface area (Å²) in [6.07, 6.45) is -4.65. The van der Waals surface area contributed by atoms with Gasteiger partial charge in [-0.15, -0.1) is 0 Å². The smallest absolute Gasteiger partial charge is 0.393 e. The number of carbonyl (C=O) groups excluding carboxylic acids is 2. The van der Waals surface area contributed by atoms with Crippen LogP contribution in [0.1, 0.15) is 35.8 Å². The van der Waals surface area contributed by atoms with Crippen LogP contribution >= 0.6 is 0 Å². The summed E-state index contributed by atoms with van der Waals surface area (Å²) in [5.74, 6) is -3.59. The Hall–Kier alpha value is -3.52. The van der Waals surface area contributed by atoms with Crippen LogP contribution < -0.4 is 20.4 Å². The van der Waals surface area contributed by atoms with Crippen LogP contribution in [0.3, 0.4) is 0 Å². The van der Waals surface area contributed by atoms with Gasteiger partial charge in [0.05, 0.1) is 17.3 Å². The van der Waals surface area contributed by atoms with Gasteiger partial charge in [-0.3, -0.25) is 19.9 Å². The number of benzene rings is 1. The summed E-state index contributed by atoms with van der Waals surface area (Å²) < 4.78 is 73.9. The minimum absolute atomic E-state index is 0.0395. The van der Waals surface area contributed by atoms with Crippen molar-refractivity contribution in [2.24, 2.45) is 5.92 Å². The average Bonchev–Trinajstić information content (AvgIpc) is 3.39. The Morgan fingerprint density at radius 3 is 2.55 bits per heavy atom. The first-order chi connectivity index (χ1) is 19.0. The van der Waals surface area contributed by atoms with Crippen molar-refractivity contribution in [2.75, 3.05) is 49.5 Å². The molecular formula is C26H29F5N6O3. The van der Waals surface area contributed by atoms with Gasteiger partial charge >= 0.3 is 6.18 Å². The number of pyridine rings is 1. The largest absolute Gasteiger partial charge is 0.478 e. The molecule has 0 radical (unpaired) electrons. The number of piperazine rings is 1. The Kier molecular flexibility index (Phi) is 7.82. The number of nitrogens with zero attached hydrogens (tertiary/aromatic N) is 4. The van der Waals surface area contributed by atoms with Crippen LogP contribution in [0.5, 0.6) is 5.75 Å². The standard InChI is InChI=1S/C26H29F5N6O3/c1-2-21-25(39)33-19-11-15(17(27)12-22(19)40-21)13-35-7-9-36(10-8-35)20-4-3-18(32-23(20)28)24(38)34-37-6-5-16(14-37)26(29,30)31/h3-4,11-12,16,21H,2,5-10,13-14H2,1H3,(H,33,39)(H,34,38). The van der Waals surface area contributed by atoms with Crippen molar-refractivity contribution in [1.29, 1.82) is 0 Å². The lowest BCUT2D eigenvalue weighted by Gasteiger charge is -2.36. The van der Waals surface area contributed by atoms with Crippen molar-refractivity contribution in [3.8, 4) is 5.75 Å². The summed E-state index contributed by atoms with van der Waals surface area (Å²) in [4.78, 5) is 32.0. The third-order valence-electron chi connectivity index (χ3n) is 7.42. The van der Waals surface area contributed by atoms with Crippen LogP contribution in [0.4, 0.5) is 33.3 Å². The van der Waals surface area contributed by atoms with Gasteiger partial charge in [0.15, 0.2) is 6.10 Å². The van der Waals surface area contributed by atoms with E-state index < -0.39 is 35.9 Å². The first kappa shape index (κ1) is 28.0. The number of nitrogens with one attached hydrogen (secondary N) is 2. The fourth-order valence-corrected chi connectivity index (χ4v) is 5.11. The molecule has 4 heterocycles. The number of hydrogen-bond acceptors (Lipinski definition) is 7. The molecule has 216 valence electrons. The van der Waals surface area contributed by atoms with E-state index in [1.807, 2.05) is 4.90 Å². The number of amides is 2. The van der Waals surface area contributed by atoms with Crippen LogP contribution in [0.25, 0.3) is 0 Å². The second-order valence-corrected chi connectivity index (χ2v) is 10.1. The molecule has 3 aliphatic rings. The van der Waals surface area contributed by atoms with Crippen LogP contribution in [0.2, 0.25) is 0 Å². The van der Waals surface area contributed by atoms with Crippen molar-refractivity contribution in [3.63, 3.8) is 0 Å². The molecule has 3 aliphatic heterocycles. The summed E-state index contributed by atoms with van der Waals surface area (Å²) in [6, 6.07) is 5.60. The molecule has 0 saturated carbocycles. The van der Waals surface area contributed by atoms with Crippen LogP contribution in [0.15, 0.2) is 24.3 Å². The van der Waals surface area contributed by atoms with Gasteiger partial charge < -0.3 is 15.0 Å². The second-order valence-electron chi connectivity index (χ2n) is 10.1. The van der Waals surface area contributed by atoms with E-state index >= 15 is 0 Å². The van der Waals surface area contributed by atoms with E-state index in [1.165, 1.54) is 23.2 Å². The Morgan fingerprint density at radius 2 is 1.90 bits per heavy atom. The van der Waals surface area contributed by atoms with Crippen LogP contribution in [-0.4, -0.2) is 78.3 Å². The summed E-state index contributed by atoms with van der Waals surface area (Å²) in [6.45, 7) is 3.59. The van der Waals surface area contributed by atoms with Crippen molar-refractivity contribution in [2.45, 2.75) is 38.6 Å². The molecule has 0 bridgehead atoms. The van der Waals surface area contributed by atoms with Gasteiger partial charge in [0, 0.05) is 57.4 Å². The quantitative estimate of drug-likeness (QED) is 0.408. The third-order valence-corrected chi connectivity index (χ3v) is 7.42. The van der Waals surface area contributed by atoms with E-state index in [2.05, 4.69) is 15.7 Å². The normalized spacial score (nSPS) is 22.1. The van der Waals surface area contributed by atoms with Crippen molar-refractivity contribution in [1.82, 2.24) is 20.3 Å². The molecule has 2 saturated heterocycles. The number of carbonyl (C=O) groups is 2. The fourth-order valence-electron chi connectivity index (χ4n) is 5.11. The van der Waals surface area contributed by atoms with E-state index in [0.717, 1.165) is 0 Å². The number of alkyl halides is 3. The van der Waals surface area contributed by atoms with E-state index in [-0.39, 0.29) is 43.3 Å². The molecule has 0 aliphatic carbocycles. The van der Waals surface area contributed by atoms with E-state index in [9.17, 15) is 31.5 Å². The minimum atomic E-state index is -4.34. The summed E-state index contributed by atoms with van der Waals surface area (Å²) in [5.41, 5.74) is 3.14. The zero-order valence-electron chi connectivity index (χ0n) is 21.7. The van der Waals surface area contributed by atoms with Crippen molar-refractivity contribution < 1.29 is 36.3 Å². The van der Waals surface area contributed by atoms with Gasteiger partial charge in [-0.1, -0.05) is 6.92 Å². The monoisotopic (exact) mass is 568 g/mol. The lowest BCUT2D eigenvalue weighted by Crippen LogP contribution is -2.46. The van der Waals surface area contributed by atoms with Gasteiger partial charge in [0.2, 0.25) is 5.95 Å². The minimum Gasteiger partial charge on any atom is -0.478 e. The third kappa shape index (κ3) is 5.97. The zero-order chi connectivity index (χ0) is 28.6. The maximum atomic E-state index is 14.9. The predicted octanol–water partition coefficient (Wildman–Crippen LogP) is 3.32. The number of rotatable bonds is 6. The number of hydrogen-bond donors (Lipinski definition) is 2. The van der Waals surface area contributed by atoms with E-state index in [1.54, 1.807) is 17.9 Å². The topological polar surface area (TPSA) is 90.0 Å². The molecule has 14 heteroatoms. The lowest BCUT2D eigenvalue weighted by molar-refractivity contribution is -0.171. The lowest BCUT2D eigenvalue weighted by atomic mass is 10.1. The highest BCUT2D eigenvalue weighted by Gasteiger charge is 2.44. The highest BCUT2D eigenvalue weighted by Crippen LogP contribution is 2.34. The number of fused-ring (bicyclic) bond motifs is 1. The van der Waals surface area contributed by atoms with E-state index in [4.69, 9.17) is 4.74 Å². The van der Waals surface area contributed by atoms with Gasteiger partial charge in [-0.2, -0.15) is 17.6 Å². The van der Waals surface area contributed by atoms with Crippen LogP contribution in [-0.2, 0) is 11.3 Å². The van der Waals surface area contributed by atoms with Crippen molar-refractivity contribution in [3.05, 3.63) is 47.3 Å². The molecule has 0 spiro atoms. The number of aromatic nitrogens is 1. The molecular weight excluding hydrogens is 539 g/mol. The number of hydrazine groups is 1. The highest BCUT2D eigenvalue weighted by molar-refractivity contribution is 5.97. The summed E-state index contributed by atoms with van der Waals surface area (Å²) >= 11 is 0. The molecule has 1 aromatic heterocycles. The summed E-state index contributed by atoms with van der Waals surface area (Å²) in [5, 5.41) is 3.93. The van der Waals surface area contributed by atoms with E-state index in [0.29, 0.717) is 49.6 Å². The molecule has 2 amide bonds. The molecule has 2 unspecified atom stereocenters. The Bertz CT molecular complexity index is 1280. The van der Waals surface area contributed by atoms with Gasteiger partial charge in [0.25, 0.3) is 11.8 Å². The first-order valence-electron chi connectivity index (χ1n) is 13.1. The first-order valence-corrected chi connectivity index (χ1v) is 13.1. The summed E-state index contributed by atoms with van der Waals surface area (Å²) in [7, 11) is 0.